The minimum atomic E-state index is -1.31. The van der Waals surface area contributed by atoms with Gasteiger partial charge in [0.2, 0.25) is 5.90 Å². The zero-order valence-corrected chi connectivity index (χ0v) is 14.3. The van der Waals surface area contributed by atoms with Crippen molar-refractivity contribution in [2.75, 3.05) is 19.8 Å². The van der Waals surface area contributed by atoms with E-state index < -0.39 is 11.5 Å². The average Bonchev–Trinajstić information content (AvgIpc) is 3.09. The number of carboxylic acids is 1. The Labute approximate surface area is 151 Å². The summed E-state index contributed by atoms with van der Waals surface area (Å²) in [6.07, 6.45) is 0.840. The molecule has 0 fully saturated rings. The van der Waals surface area contributed by atoms with Crippen molar-refractivity contribution in [2.45, 2.75) is 18.4 Å². The Morgan fingerprint density at radius 2 is 1.88 bits per heavy atom. The topological polar surface area (TPSA) is 88.4 Å². The first-order valence-electron chi connectivity index (χ1n) is 8.47. The fraction of sp³-hybridized carbons (Fsp3) is 0.300. The zero-order chi connectivity index (χ0) is 18.4. The minimum Gasteiger partial charge on any atom is -0.494 e. The third-order valence-electron chi connectivity index (χ3n) is 4.17. The van der Waals surface area contributed by atoms with Crippen LogP contribution in [0.5, 0.6) is 5.75 Å². The largest absolute Gasteiger partial charge is 0.494 e. The fourth-order valence-electron chi connectivity index (χ4n) is 2.75. The number of nitrogens with zero attached hydrogens (tertiary/aromatic N) is 1. The van der Waals surface area contributed by atoms with Gasteiger partial charge in [0.25, 0.3) is 0 Å². The van der Waals surface area contributed by atoms with Gasteiger partial charge in [-0.05, 0) is 29.8 Å². The van der Waals surface area contributed by atoms with Crippen molar-refractivity contribution in [1.82, 2.24) is 0 Å². The molecular formula is C20H21NO5. The van der Waals surface area contributed by atoms with E-state index in [1.165, 1.54) is 0 Å². The maximum absolute atomic E-state index is 11.9. The number of aliphatic hydroxyl groups excluding tert-OH is 1. The van der Waals surface area contributed by atoms with E-state index in [0.717, 1.165) is 5.56 Å². The van der Waals surface area contributed by atoms with E-state index in [1.54, 1.807) is 24.3 Å². The number of ether oxygens (including phenoxy) is 2. The number of hydrogen-bond donors (Lipinski definition) is 2. The summed E-state index contributed by atoms with van der Waals surface area (Å²) in [6.45, 7) is 0.523. The van der Waals surface area contributed by atoms with Gasteiger partial charge in [-0.15, -0.1) is 0 Å². The fourth-order valence-corrected chi connectivity index (χ4v) is 2.75. The molecule has 6 heteroatoms. The smallest absolute Gasteiger partial charge is 0.335 e. The van der Waals surface area contributed by atoms with Crippen molar-refractivity contribution in [1.29, 1.82) is 0 Å². The number of hydrogen-bond acceptors (Lipinski definition) is 5. The summed E-state index contributed by atoms with van der Waals surface area (Å²) in [5, 5.41) is 18.5. The summed E-state index contributed by atoms with van der Waals surface area (Å²) in [6, 6.07) is 16.5. The quantitative estimate of drug-likeness (QED) is 0.709. The van der Waals surface area contributed by atoms with Crippen molar-refractivity contribution in [3.63, 3.8) is 0 Å². The van der Waals surface area contributed by atoms with Gasteiger partial charge in [0, 0.05) is 25.0 Å². The number of benzene rings is 2. The van der Waals surface area contributed by atoms with Gasteiger partial charge < -0.3 is 19.7 Å². The van der Waals surface area contributed by atoms with Gasteiger partial charge >= 0.3 is 5.97 Å². The molecule has 2 aromatic carbocycles. The van der Waals surface area contributed by atoms with Gasteiger partial charge in [-0.2, -0.15) is 0 Å². The Balaban J connectivity index is 1.77. The van der Waals surface area contributed by atoms with Crippen LogP contribution >= 0.6 is 0 Å². The summed E-state index contributed by atoms with van der Waals surface area (Å²) >= 11 is 0. The number of carbonyl (C=O) groups is 1. The molecule has 6 nitrogen and oxygen atoms in total. The third kappa shape index (κ3) is 4.03. The van der Waals surface area contributed by atoms with Gasteiger partial charge in [-0.25, -0.2) is 9.79 Å². The summed E-state index contributed by atoms with van der Waals surface area (Å²) in [5.41, 5.74) is 0.291. The van der Waals surface area contributed by atoms with E-state index in [9.17, 15) is 9.90 Å². The highest BCUT2D eigenvalue weighted by Gasteiger charge is 2.44. The maximum Gasteiger partial charge on any atom is 0.335 e. The lowest BCUT2D eigenvalue weighted by Crippen LogP contribution is -2.40. The van der Waals surface area contributed by atoms with Gasteiger partial charge in [0.1, 0.15) is 12.4 Å². The van der Waals surface area contributed by atoms with E-state index in [2.05, 4.69) is 4.99 Å². The first-order chi connectivity index (χ1) is 12.6. The number of carboxylic acid groups (broad SMARTS) is 1. The highest BCUT2D eigenvalue weighted by molar-refractivity contribution is 5.98. The Morgan fingerprint density at radius 3 is 2.54 bits per heavy atom. The molecule has 3 rings (SSSR count). The van der Waals surface area contributed by atoms with Gasteiger partial charge in [-0.3, -0.25) is 0 Å². The van der Waals surface area contributed by atoms with E-state index in [-0.39, 0.29) is 19.6 Å². The predicted octanol–water partition coefficient (Wildman–Crippen LogP) is 2.29. The number of aliphatic hydroxyl groups is 1. The predicted molar refractivity (Wildman–Crippen MR) is 96.6 cm³/mol. The number of aliphatic carboxylic acids is 1. The van der Waals surface area contributed by atoms with Gasteiger partial charge in [-0.1, -0.05) is 30.3 Å². The van der Waals surface area contributed by atoms with E-state index >= 15 is 0 Å². The molecule has 1 heterocycles. The first-order valence-corrected chi connectivity index (χ1v) is 8.47. The van der Waals surface area contributed by atoms with Crippen LogP contribution in [0.15, 0.2) is 59.6 Å². The van der Waals surface area contributed by atoms with Crippen LogP contribution < -0.4 is 4.74 Å². The third-order valence-corrected chi connectivity index (χ3v) is 4.17. The molecule has 1 aliphatic heterocycles. The van der Waals surface area contributed by atoms with Crippen LogP contribution in [-0.2, 0) is 16.0 Å². The molecule has 0 spiro atoms. The van der Waals surface area contributed by atoms with Crippen LogP contribution in [0, 0.1) is 0 Å². The molecule has 0 aromatic heterocycles. The molecule has 0 bridgehead atoms. The molecule has 1 atom stereocenters. The van der Waals surface area contributed by atoms with Crippen molar-refractivity contribution < 1.29 is 24.5 Å². The van der Waals surface area contributed by atoms with Crippen molar-refractivity contribution in [3.8, 4) is 5.75 Å². The molecule has 136 valence electrons. The number of rotatable bonds is 8. The van der Waals surface area contributed by atoms with Gasteiger partial charge in [0.05, 0.1) is 6.61 Å². The molecule has 2 N–H and O–H groups in total. The molecule has 0 aliphatic carbocycles. The second-order valence-electron chi connectivity index (χ2n) is 6.15. The standard InChI is InChI=1S/C20H21NO5/c22-11-4-12-25-17-9-7-16(8-10-17)18-21-20(14-26-18,19(23)24)13-15-5-2-1-3-6-15/h1-3,5-10,22H,4,11-14H2,(H,23,24)/t20-/m1/s1. The Kier molecular flexibility index (Phi) is 5.53. The molecule has 26 heavy (non-hydrogen) atoms. The summed E-state index contributed by atoms with van der Waals surface area (Å²) < 4.78 is 11.1. The molecule has 0 saturated carbocycles. The van der Waals surface area contributed by atoms with Crippen LogP contribution in [0.2, 0.25) is 0 Å². The van der Waals surface area contributed by atoms with Crippen LogP contribution in [0.1, 0.15) is 17.5 Å². The second-order valence-corrected chi connectivity index (χ2v) is 6.15. The Morgan fingerprint density at radius 1 is 1.15 bits per heavy atom. The monoisotopic (exact) mass is 355 g/mol. The highest BCUT2D eigenvalue weighted by atomic mass is 16.5. The molecule has 2 aromatic rings. The molecular weight excluding hydrogens is 334 g/mol. The first kappa shape index (κ1) is 17.9. The molecule has 0 unspecified atom stereocenters. The lowest BCUT2D eigenvalue weighted by Gasteiger charge is -2.18. The zero-order valence-electron chi connectivity index (χ0n) is 14.3. The molecule has 0 saturated heterocycles. The maximum atomic E-state index is 11.9. The lowest BCUT2D eigenvalue weighted by molar-refractivity contribution is -0.143. The Hall–Kier alpha value is -2.86. The summed E-state index contributed by atoms with van der Waals surface area (Å²) in [4.78, 5) is 16.3. The van der Waals surface area contributed by atoms with Crippen LogP contribution in [0.3, 0.4) is 0 Å². The minimum absolute atomic E-state index is 0.00130. The van der Waals surface area contributed by atoms with Crippen molar-refractivity contribution >= 4 is 11.9 Å². The number of aliphatic imine (C=N–C) groups is 1. The lowest BCUT2D eigenvalue weighted by atomic mass is 9.93. The van der Waals surface area contributed by atoms with Crippen molar-refractivity contribution in [2.24, 2.45) is 4.99 Å². The van der Waals surface area contributed by atoms with E-state index in [4.69, 9.17) is 14.6 Å². The Bertz CT molecular complexity index is 773. The molecule has 0 amide bonds. The van der Waals surface area contributed by atoms with E-state index in [0.29, 0.717) is 30.2 Å². The van der Waals surface area contributed by atoms with Crippen LogP contribution in [0.25, 0.3) is 0 Å². The van der Waals surface area contributed by atoms with E-state index in [1.807, 2.05) is 30.3 Å². The SMILES string of the molecule is O=C(O)[C@@]1(Cc2ccccc2)COC(c2ccc(OCCCO)cc2)=N1. The highest BCUT2D eigenvalue weighted by Crippen LogP contribution is 2.27. The summed E-state index contributed by atoms with van der Waals surface area (Å²) in [5.74, 6) is 0.000120. The molecule has 1 aliphatic rings. The van der Waals surface area contributed by atoms with Crippen LogP contribution in [-0.4, -0.2) is 47.4 Å². The van der Waals surface area contributed by atoms with Crippen LogP contribution in [0.4, 0.5) is 0 Å². The normalized spacial score (nSPS) is 18.9. The van der Waals surface area contributed by atoms with Crippen molar-refractivity contribution in [3.05, 3.63) is 65.7 Å². The average molecular weight is 355 g/mol. The summed E-state index contributed by atoms with van der Waals surface area (Å²) in [7, 11) is 0. The second kappa shape index (κ2) is 8.01. The van der Waals surface area contributed by atoms with Gasteiger partial charge in [0.15, 0.2) is 5.54 Å². The molecule has 0 radical (unpaired) electrons.